The number of thiazole rings is 1. The predicted octanol–water partition coefficient (Wildman–Crippen LogP) is 1.78. The van der Waals surface area contributed by atoms with Gasteiger partial charge in [-0.15, -0.1) is 0 Å². The maximum Gasteiger partial charge on any atom is 0.241 e. The number of fused-ring (bicyclic) bond motifs is 1. The average molecular weight is 334 g/mol. The number of nitrogens with one attached hydrogen (secondary N) is 1. The Bertz CT molecular complexity index is 757. The van der Waals surface area contributed by atoms with Crippen LogP contribution in [-0.4, -0.2) is 43.5 Å². The smallest absolute Gasteiger partial charge is 0.241 e. The summed E-state index contributed by atoms with van der Waals surface area (Å²) >= 11 is 7.27. The summed E-state index contributed by atoms with van der Waals surface area (Å²) in [4.78, 5) is 16.0. The largest absolute Gasteiger partial charge is 0.301 e. The average Bonchev–Trinajstić information content (AvgIpc) is 2.71. The molecule has 2 aromatic rings. The number of carbonyl (C=O) groups excluding carboxylic acids is 1. The number of anilines is 1. The van der Waals surface area contributed by atoms with Crippen LogP contribution in [0, 0.1) is 0 Å². The Labute approximate surface area is 125 Å². The fraction of sp³-hybridized carbons (Fsp3) is 0.273. The van der Waals surface area contributed by atoms with Gasteiger partial charge in [-0.2, -0.15) is 4.31 Å². The van der Waals surface area contributed by atoms with Gasteiger partial charge < -0.3 is 5.32 Å². The first kappa shape index (κ1) is 15.2. The molecular weight excluding hydrogens is 322 g/mol. The molecule has 0 radical (unpaired) electrons. The van der Waals surface area contributed by atoms with E-state index in [1.807, 2.05) is 6.07 Å². The lowest BCUT2D eigenvalue weighted by Crippen LogP contribution is -2.34. The summed E-state index contributed by atoms with van der Waals surface area (Å²) in [5, 5.41) is 3.46. The van der Waals surface area contributed by atoms with Crippen molar-refractivity contribution < 1.29 is 13.2 Å². The second kappa shape index (κ2) is 5.65. The van der Waals surface area contributed by atoms with Crippen LogP contribution < -0.4 is 5.32 Å². The monoisotopic (exact) mass is 333 g/mol. The number of likely N-dealkylation sites (N-methyl/N-ethyl adjacent to an activating group) is 1. The van der Waals surface area contributed by atoms with E-state index in [4.69, 9.17) is 11.6 Å². The molecule has 2 rings (SSSR count). The van der Waals surface area contributed by atoms with E-state index in [1.165, 1.54) is 18.4 Å². The number of hydrogen-bond donors (Lipinski definition) is 1. The molecule has 6 nitrogen and oxygen atoms in total. The number of carbonyl (C=O) groups is 1. The summed E-state index contributed by atoms with van der Waals surface area (Å²) in [6, 6.07) is 5.36. The van der Waals surface area contributed by atoms with Gasteiger partial charge in [0.05, 0.1) is 22.5 Å². The van der Waals surface area contributed by atoms with Gasteiger partial charge in [-0.3, -0.25) is 4.79 Å². The van der Waals surface area contributed by atoms with Crippen LogP contribution >= 0.6 is 22.9 Å². The van der Waals surface area contributed by atoms with Crippen molar-refractivity contribution in [3.05, 3.63) is 23.2 Å². The van der Waals surface area contributed by atoms with E-state index >= 15 is 0 Å². The van der Waals surface area contributed by atoms with Gasteiger partial charge in [-0.25, -0.2) is 13.4 Å². The Kier molecular flexibility index (Phi) is 4.28. The molecule has 0 aliphatic heterocycles. The van der Waals surface area contributed by atoms with Crippen LogP contribution in [0.1, 0.15) is 0 Å². The summed E-state index contributed by atoms with van der Waals surface area (Å²) in [5.74, 6) is -0.451. The van der Waals surface area contributed by atoms with Crippen molar-refractivity contribution in [1.29, 1.82) is 0 Å². The molecule has 0 aliphatic rings. The number of benzene rings is 1. The molecule has 0 atom stereocenters. The number of rotatable bonds is 4. The van der Waals surface area contributed by atoms with Crippen molar-refractivity contribution in [2.24, 2.45) is 0 Å². The molecule has 9 heteroatoms. The van der Waals surface area contributed by atoms with E-state index in [-0.39, 0.29) is 6.54 Å². The molecule has 0 aliphatic carbocycles. The highest BCUT2D eigenvalue weighted by Crippen LogP contribution is 2.30. The highest BCUT2D eigenvalue weighted by atomic mass is 35.5. The first-order valence-electron chi connectivity index (χ1n) is 5.53. The Hall–Kier alpha value is -1.22. The lowest BCUT2D eigenvalue weighted by Gasteiger charge is -2.12. The van der Waals surface area contributed by atoms with Crippen molar-refractivity contribution in [3.8, 4) is 0 Å². The molecule has 1 heterocycles. The molecule has 0 fully saturated rings. The lowest BCUT2D eigenvalue weighted by atomic mass is 10.3. The Morgan fingerprint density at radius 1 is 1.50 bits per heavy atom. The number of nitrogens with zero attached hydrogens (tertiary/aromatic N) is 2. The minimum atomic E-state index is -3.39. The number of sulfonamides is 1. The number of para-hydroxylation sites is 1. The number of aromatic nitrogens is 1. The van der Waals surface area contributed by atoms with Gasteiger partial charge in [0.15, 0.2) is 5.13 Å². The molecule has 1 N–H and O–H groups in total. The van der Waals surface area contributed by atoms with Gasteiger partial charge in [0.25, 0.3) is 0 Å². The van der Waals surface area contributed by atoms with E-state index in [0.717, 1.165) is 15.3 Å². The third kappa shape index (κ3) is 3.45. The van der Waals surface area contributed by atoms with Gasteiger partial charge in [-0.1, -0.05) is 29.0 Å². The zero-order chi connectivity index (χ0) is 14.9. The Morgan fingerprint density at radius 3 is 2.80 bits per heavy atom. The zero-order valence-electron chi connectivity index (χ0n) is 10.8. The van der Waals surface area contributed by atoms with E-state index in [1.54, 1.807) is 12.1 Å². The Balaban J connectivity index is 2.12. The highest BCUT2D eigenvalue weighted by molar-refractivity contribution is 7.88. The second-order valence-corrected chi connectivity index (χ2v) is 7.70. The van der Waals surface area contributed by atoms with Crippen LogP contribution in [0.4, 0.5) is 5.13 Å². The molecule has 20 heavy (non-hydrogen) atoms. The number of hydrogen-bond acceptors (Lipinski definition) is 5. The van der Waals surface area contributed by atoms with Crippen molar-refractivity contribution in [2.45, 2.75) is 0 Å². The van der Waals surface area contributed by atoms with Gasteiger partial charge in [-0.05, 0) is 12.1 Å². The summed E-state index contributed by atoms with van der Waals surface area (Å²) in [6.45, 7) is -0.261. The molecular formula is C11H12ClN3O3S2. The van der Waals surface area contributed by atoms with E-state index in [9.17, 15) is 13.2 Å². The molecule has 0 bridgehead atoms. The van der Waals surface area contributed by atoms with Gasteiger partial charge in [0, 0.05) is 7.05 Å². The molecule has 1 aromatic heterocycles. The fourth-order valence-corrected chi connectivity index (χ4v) is 2.98. The lowest BCUT2D eigenvalue weighted by molar-refractivity contribution is -0.116. The standard InChI is InChI=1S/C11H12ClN3O3S2/c1-15(20(2,17)18)6-9(16)13-11-14-10-7(12)4-3-5-8(10)19-11/h3-5H,6H2,1-2H3,(H,13,14,16). The molecule has 0 saturated carbocycles. The molecule has 1 amide bonds. The van der Waals surface area contributed by atoms with Crippen LogP contribution in [0.25, 0.3) is 10.2 Å². The second-order valence-electron chi connectivity index (χ2n) is 4.17. The van der Waals surface area contributed by atoms with Crippen LogP contribution in [-0.2, 0) is 14.8 Å². The molecule has 108 valence electrons. The van der Waals surface area contributed by atoms with Gasteiger partial charge >= 0.3 is 0 Å². The van der Waals surface area contributed by atoms with Crippen molar-refractivity contribution >= 4 is 54.2 Å². The first-order valence-corrected chi connectivity index (χ1v) is 8.58. The number of amides is 1. The topological polar surface area (TPSA) is 79.4 Å². The summed E-state index contributed by atoms with van der Waals surface area (Å²) in [7, 11) is -2.05. The molecule has 0 unspecified atom stereocenters. The van der Waals surface area contributed by atoms with Crippen LogP contribution in [0.15, 0.2) is 18.2 Å². The maximum atomic E-state index is 11.7. The SMILES string of the molecule is CN(CC(=O)Nc1nc2c(Cl)cccc2s1)S(C)(=O)=O. The van der Waals surface area contributed by atoms with Crippen molar-refractivity contribution in [3.63, 3.8) is 0 Å². The zero-order valence-corrected chi connectivity index (χ0v) is 13.1. The minimum absolute atomic E-state index is 0.261. The summed E-state index contributed by atoms with van der Waals surface area (Å²) in [6.07, 6.45) is 1.04. The third-order valence-corrected chi connectivity index (χ3v) is 5.05. The van der Waals surface area contributed by atoms with Crippen LogP contribution in [0.5, 0.6) is 0 Å². The van der Waals surface area contributed by atoms with Gasteiger partial charge in [0.1, 0.15) is 5.52 Å². The Morgan fingerprint density at radius 2 is 2.20 bits per heavy atom. The van der Waals surface area contributed by atoms with Gasteiger partial charge in [0.2, 0.25) is 15.9 Å². The van der Waals surface area contributed by atoms with E-state index in [2.05, 4.69) is 10.3 Å². The fourth-order valence-electron chi connectivity index (χ4n) is 1.45. The van der Waals surface area contributed by atoms with E-state index in [0.29, 0.717) is 15.7 Å². The minimum Gasteiger partial charge on any atom is -0.301 e. The van der Waals surface area contributed by atoms with Crippen molar-refractivity contribution in [2.75, 3.05) is 25.2 Å². The van der Waals surface area contributed by atoms with Crippen LogP contribution in [0.3, 0.4) is 0 Å². The molecule has 0 saturated heterocycles. The first-order chi connectivity index (χ1) is 9.27. The van der Waals surface area contributed by atoms with E-state index < -0.39 is 15.9 Å². The molecule has 1 aromatic carbocycles. The molecule has 0 spiro atoms. The summed E-state index contributed by atoms with van der Waals surface area (Å²) < 4.78 is 24.3. The highest BCUT2D eigenvalue weighted by Gasteiger charge is 2.16. The normalized spacial score (nSPS) is 12.0. The number of halogens is 1. The third-order valence-electron chi connectivity index (χ3n) is 2.55. The van der Waals surface area contributed by atoms with Crippen LogP contribution in [0.2, 0.25) is 5.02 Å². The van der Waals surface area contributed by atoms with Crippen molar-refractivity contribution in [1.82, 2.24) is 9.29 Å². The summed E-state index contributed by atoms with van der Waals surface area (Å²) in [5.41, 5.74) is 0.617. The predicted molar refractivity (Wildman–Crippen MR) is 80.7 cm³/mol. The maximum absolute atomic E-state index is 11.7. The quantitative estimate of drug-likeness (QED) is 0.925.